The molecular formula is C21H32N4O. The van der Waals surface area contributed by atoms with Crippen molar-refractivity contribution in [2.24, 2.45) is 9.98 Å². The second-order valence-corrected chi connectivity index (χ2v) is 6.18. The number of hydrogen-bond donors (Lipinski definition) is 1. The fourth-order valence-corrected chi connectivity index (χ4v) is 2.92. The molecule has 1 aliphatic rings. The average Bonchev–Trinajstić information content (AvgIpc) is 2.68. The Hall–Kier alpha value is -2.43. The molecule has 0 spiro atoms. The number of benzene rings is 1. The molecule has 0 aliphatic carbocycles. The summed E-state index contributed by atoms with van der Waals surface area (Å²) in [7, 11) is 1.72. The SMILES string of the molecule is C=CC(=O)N1CCCC(c2cccc(NC(N=C(C)C)=NC)c2)C1.CC. The number of carbonyl (C=O) groups excluding carboxylic acids is 1. The van der Waals surface area contributed by atoms with Crippen LogP contribution >= 0.6 is 0 Å². The van der Waals surface area contributed by atoms with E-state index in [0.29, 0.717) is 11.9 Å². The molecule has 1 fully saturated rings. The van der Waals surface area contributed by atoms with Gasteiger partial charge in [0, 0.05) is 37.5 Å². The molecule has 1 aliphatic heterocycles. The highest BCUT2D eigenvalue weighted by Crippen LogP contribution is 2.28. The Morgan fingerprint density at radius 1 is 1.35 bits per heavy atom. The third-order valence-corrected chi connectivity index (χ3v) is 4.06. The normalized spacial score (nSPS) is 16.9. The van der Waals surface area contributed by atoms with Gasteiger partial charge < -0.3 is 10.2 Å². The van der Waals surface area contributed by atoms with Gasteiger partial charge in [0.25, 0.3) is 0 Å². The molecule has 0 bridgehead atoms. The molecule has 0 radical (unpaired) electrons. The molecule has 5 nitrogen and oxygen atoms in total. The molecule has 1 aromatic rings. The molecule has 1 unspecified atom stereocenters. The van der Waals surface area contributed by atoms with E-state index in [0.717, 1.165) is 37.3 Å². The summed E-state index contributed by atoms with van der Waals surface area (Å²) in [6.07, 6.45) is 3.50. The first-order valence-electron chi connectivity index (χ1n) is 9.30. The summed E-state index contributed by atoms with van der Waals surface area (Å²) in [4.78, 5) is 22.3. The van der Waals surface area contributed by atoms with E-state index in [1.165, 1.54) is 11.6 Å². The van der Waals surface area contributed by atoms with Crippen LogP contribution in [0.4, 0.5) is 5.69 Å². The Morgan fingerprint density at radius 3 is 2.69 bits per heavy atom. The molecule has 1 saturated heterocycles. The van der Waals surface area contributed by atoms with E-state index in [1.54, 1.807) is 7.05 Å². The van der Waals surface area contributed by atoms with Crippen molar-refractivity contribution in [2.75, 3.05) is 25.5 Å². The van der Waals surface area contributed by atoms with Gasteiger partial charge in [-0.25, -0.2) is 4.99 Å². The summed E-state index contributed by atoms with van der Waals surface area (Å²) in [6, 6.07) is 8.28. The van der Waals surface area contributed by atoms with E-state index in [2.05, 4.69) is 34.0 Å². The van der Waals surface area contributed by atoms with Crippen LogP contribution in [0.1, 0.15) is 52.0 Å². The number of piperidine rings is 1. The Labute approximate surface area is 157 Å². The van der Waals surface area contributed by atoms with Gasteiger partial charge in [-0.05, 0) is 50.5 Å². The van der Waals surface area contributed by atoms with Gasteiger partial charge in [-0.15, -0.1) is 0 Å². The van der Waals surface area contributed by atoms with Crippen LogP contribution in [-0.4, -0.2) is 42.6 Å². The van der Waals surface area contributed by atoms with Crippen molar-refractivity contribution < 1.29 is 4.79 Å². The number of aliphatic imine (C=N–C) groups is 2. The molecule has 142 valence electrons. The van der Waals surface area contributed by atoms with Crippen LogP contribution < -0.4 is 5.32 Å². The summed E-state index contributed by atoms with van der Waals surface area (Å²) >= 11 is 0. The zero-order chi connectivity index (χ0) is 19.5. The molecule has 1 amide bonds. The number of carbonyl (C=O) groups is 1. The minimum Gasteiger partial charge on any atom is -0.339 e. The van der Waals surface area contributed by atoms with E-state index in [1.807, 2.05) is 44.7 Å². The van der Waals surface area contributed by atoms with Gasteiger partial charge in [0.2, 0.25) is 11.9 Å². The lowest BCUT2D eigenvalue weighted by Gasteiger charge is -2.32. The molecule has 2 rings (SSSR count). The van der Waals surface area contributed by atoms with Gasteiger partial charge in [0.15, 0.2) is 0 Å². The first-order chi connectivity index (χ1) is 12.5. The van der Waals surface area contributed by atoms with Gasteiger partial charge in [-0.3, -0.25) is 9.79 Å². The second kappa shape index (κ2) is 11.2. The van der Waals surface area contributed by atoms with Crippen LogP contribution in [0.15, 0.2) is 46.9 Å². The minimum absolute atomic E-state index is 0.0159. The number of anilines is 1. The molecule has 1 atom stereocenters. The first kappa shape index (κ1) is 21.6. The van der Waals surface area contributed by atoms with Gasteiger partial charge in [0.05, 0.1) is 0 Å². The highest BCUT2D eigenvalue weighted by Gasteiger charge is 2.23. The maximum Gasteiger partial charge on any atom is 0.245 e. The highest BCUT2D eigenvalue weighted by molar-refractivity contribution is 6.02. The number of rotatable bonds is 3. The molecule has 5 heteroatoms. The van der Waals surface area contributed by atoms with E-state index >= 15 is 0 Å². The predicted molar refractivity (Wildman–Crippen MR) is 112 cm³/mol. The Bertz CT molecular complexity index is 660. The fourth-order valence-electron chi connectivity index (χ4n) is 2.92. The lowest BCUT2D eigenvalue weighted by molar-refractivity contribution is -0.127. The average molecular weight is 357 g/mol. The largest absolute Gasteiger partial charge is 0.339 e. The number of likely N-dealkylation sites (tertiary alicyclic amines) is 1. The van der Waals surface area contributed by atoms with Gasteiger partial charge in [-0.1, -0.05) is 32.6 Å². The number of nitrogens with zero attached hydrogens (tertiary/aromatic N) is 3. The molecule has 0 saturated carbocycles. The summed E-state index contributed by atoms with van der Waals surface area (Å²) < 4.78 is 0. The number of hydrogen-bond acceptors (Lipinski definition) is 2. The fraction of sp³-hybridized carbons (Fsp3) is 0.476. The third-order valence-electron chi connectivity index (χ3n) is 4.06. The number of amides is 1. The van der Waals surface area contributed by atoms with Gasteiger partial charge >= 0.3 is 0 Å². The zero-order valence-corrected chi connectivity index (χ0v) is 16.7. The van der Waals surface area contributed by atoms with Crippen molar-refractivity contribution in [2.45, 2.75) is 46.5 Å². The van der Waals surface area contributed by atoms with Crippen molar-refractivity contribution in [3.63, 3.8) is 0 Å². The van der Waals surface area contributed by atoms with Crippen molar-refractivity contribution in [1.29, 1.82) is 0 Å². The van der Waals surface area contributed by atoms with E-state index in [4.69, 9.17) is 0 Å². The van der Waals surface area contributed by atoms with E-state index in [-0.39, 0.29) is 5.91 Å². The quantitative estimate of drug-likeness (QED) is 0.493. The Balaban J connectivity index is 0.00000163. The third kappa shape index (κ3) is 6.47. The van der Waals surface area contributed by atoms with Crippen LogP contribution in [0.5, 0.6) is 0 Å². The van der Waals surface area contributed by atoms with Crippen molar-refractivity contribution in [3.05, 3.63) is 42.5 Å². The van der Waals surface area contributed by atoms with Crippen LogP contribution in [-0.2, 0) is 4.79 Å². The van der Waals surface area contributed by atoms with Crippen LogP contribution in [0.3, 0.4) is 0 Å². The summed E-state index contributed by atoms with van der Waals surface area (Å²) in [5.74, 6) is 0.962. The van der Waals surface area contributed by atoms with E-state index in [9.17, 15) is 4.79 Å². The van der Waals surface area contributed by atoms with Gasteiger partial charge in [0.1, 0.15) is 0 Å². The highest BCUT2D eigenvalue weighted by atomic mass is 16.2. The molecule has 26 heavy (non-hydrogen) atoms. The standard InChI is InChI=1S/C19H26N4O.C2H6/c1-5-18(24)23-11-7-9-16(13-23)15-8-6-10-17(12-15)22-19(20-4)21-14(2)3;1-2/h5-6,8,10,12,16H,1,7,9,11,13H2,2-4H3,(H,20,22);1-2H3. The topological polar surface area (TPSA) is 57.1 Å². The molecule has 1 aromatic carbocycles. The molecule has 1 heterocycles. The van der Waals surface area contributed by atoms with Gasteiger partial charge in [-0.2, -0.15) is 0 Å². The monoisotopic (exact) mass is 356 g/mol. The zero-order valence-electron chi connectivity index (χ0n) is 16.7. The Kier molecular flexibility index (Phi) is 9.34. The lowest BCUT2D eigenvalue weighted by atomic mass is 9.90. The summed E-state index contributed by atoms with van der Waals surface area (Å²) in [5.41, 5.74) is 3.14. The lowest BCUT2D eigenvalue weighted by Crippen LogP contribution is -2.38. The van der Waals surface area contributed by atoms with E-state index < -0.39 is 0 Å². The summed E-state index contributed by atoms with van der Waals surface area (Å²) in [6.45, 7) is 13.0. The Morgan fingerprint density at radius 2 is 2.08 bits per heavy atom. The van der Waals surface area contributed by atoms with Crippen LogP contribution in [0.25, 0.3) is 0 Å². The molecular weight excluding hydrogens is 324 g/mol. The number of guanidine groups is 1. The maximum absolute atomic E-state index is 11.9. The first-order valence-corrected chi connectivity index (χ1v) is 9.30. The second-order valence-electron chi connectivity index (χ2n) is 6.18. The maximum atomic E-state index is 11.9. The summed E-state index contributed by atoms with van der Waals surface area (Å²) in [5, 5.41) is 3.25. The smallest absolute Gasteiger partial charge is 0.245 e. The predicted octanol–water partition coefficient (Wildman–Crippen LogP) is 4.48. The van der Waals surface area contributed by atoms with Crippen molar-refractivity contribution >= 4 is 23.3 Å². The van der Waals surface area contributed by atoms with Crippen LogP contribution in [0, 0.1) is 0 Å². The molecule has 0 aromatic heterocycles. The van der Waals surface area contributed by atoms with Crippen molar-refractivity contribution in [3.8, 4) is 0 Å². The van der Waals surface area contributed by atoms with Crippen LogP contribution in [0.2, 0.25) is 0 Å². The molecule has 1 N–H and O–H groups in total. The number of nitrogens with one attached hydrogen (secondary N) is 1. The minimum atomic E-state index is 0.0159. The van der Waals surface area contributed by atoms with Crippen molar-refractivity contribution in [1.82, 2.24) is 4.90 Å².